The first-order valence-electron chi connectivity index (χ1n) is 30.2. The summed E-state index contributed by atoms with van der Waals surface area (Å²) in [5, 5.41) is 5.04. The van der Waals surface area contributed by atoms with Crippen molar-refractivity contribution in [2.24, 2.45) is 0 Å². The van der Waals surface area contributed by atoms with Gasteiger partial charge in [-0.05, 0) is 146 Å². The van der Waals surface area contributed by atoms with Gasteiger partial charge >= 0.3 is 0 Å². The standard InChI is InChI=1S/C80H62BN3S/c1-5-6-21-52-46-75-78-77(47-52)85-76-51-61(83-72-32-19-15-28-64(72)65-29-16-20-33-73(65)83)43-45-69(76)81(78)68-44-42-60(82-70-30-17-13-26-62(70)63-27-14-18-31-71(63)82)50-74(68)84(75)79-66(57-38-34-55(35-39-57)53-22-9-7-10-23-53)48-59(80(2,3)4)49-67(79)58-40-36-56(37-41-58)54-24-11-8-12-25-54/h7-20,22-51H,5-6,21H2,1-4H3. The van der Waals surface area contributed by atoms with E-state index < -0.39 is 0 Å². The number of para-hydroxylation sites is 4. The number of fused-ring (bicyclic) bond motifs is 10. The summed E-state index contributed by atoms with van der Waals surface area (Å²) in [4.78, 5) is 5.36. The van der Waals surface area contributed by atoms with Crippen LogP contribution in [-0.4, -0.2) is 15.8 Å². The molecule has 16 rings (SSSR count). The Balaban J connectivity index is 1.00. The Hall–Kier alpha value is -9.55. The van der Waals surface area contributed by atoms with Crippen molar-refractivity contribution in [2.45, 2.75) is 62.2 Å². The van der Waals surface area contributed by atoms with Gasteiger partial charge in [0.15, 0.2) is 0 Å². The topological polar surface area (TPSA) is 13.1 Å². The third kappa shape index (κ3) is 8.50. The van der Waals surface area contributed by atoms with E-state index in [9.17, 15) is 0 Å². The van der Waals surface area contributed by atoms with E-state index in [-0.39, 0.29) is 12.1 Å². The molecule has 0 spiro atoms. The van der Waals surface area contributed by atoms with Crippen molar-refractivity contribution in [1.29, 1.82) is 0 Å². The zero-order valence-electron chi connectivity index (χ0n) is 48.4. The van der Waals surface area contributed by atoms with Crippen molar-refractivity contribution in [3.8, 4) is 55.9 Å². The third-order valence-corrected chi connectivity index (χ3v) is 19.2. The number of hydrogen-bond acceptors (Lipinski definition) is 2. The second-order valence-corrected chi connectivity index (χ2v) is 25.3. The lowest BCUT2D eigenvalue weighted by Crippen LogP contribution is -2.60. The summed E-state index contributed by atoms with van der Waals surface area (Å²) < 4.78 is 4.97. The Morgan fingerprint density at radius 2 is 0.824 bits per heavy atom. The van der Waals surface area contributed by atoms with Gasteiger partial charge in [0.1, 0.15) is 0 Å². The zero-order valence-corrected chi connectivity index (χ0v) is 49.2. The van der Waals surface area contributed by atoms with Gasteiger partial charge in [0, 0.05) is 65.2 Å². The monoisotopic (exact) mass is 1110 g/mol. The van der Waals surface area contributed by atoms with Crippen LogP contribution in [-0.2, 0) is 11.8 Å². The lowest BCUT2D eigenvalue weighted by Gasteiger charge is -2.42. The highest BCUT2D eigenvalue weighted by Gasteiger charge is 2.43. The van der Waals surface area contributed by atoms with Crippen LogP contribution in [0.2, 0.25) is 0 Å². The number of hydrogen-bond donors (Lipinski definition) is 0. The molecule has 0 bridgehead atoms. The van der Waals surface area contributed by atoms with Crippen molar-refractivity contribution < 1.29 is 0 Å². The fourth-order valence-electron chi connectivity index (χ4n) is 13.9. The largest absolute Gasteiger partial charge is 0.310 e. The molecule has 4 heterocycles. The quantitative estimate of drug-likeness (QED) is 0.127. The zero-order chi connectivity index (χ0) is 56.9. The van der Waals surface area contributed by atoms with E-state index in [4.69, 9.17) is 0 Å². The molecule has 3 nitrogen and oxygen atoms in total. The van der Waals surface area contributed by atoms with Crippen LogP contribution >= 0.6 is 11.8 Å². The maximum Gasteiger partial charge on any atom is 0.249 e. The van der Waals surface area contributed by atoms with E-state index in [2.05, 4.69) is 309 Å². The van der Waals surface area contributed by atoms with E-state index in [1.807, 2.05) is 11.8 Å². The normalized spacial score (nSPS) is 12.8. The number of benzene rings is 12. The molecule has 0 radical (unpaired) electrons. The van der Waals surface area contributed by atoms with Gasteiger partial charge in [0.25, 0.3) is 0 Å². The molecular formula is C80H62BN3S. The van der Waals surface area contributed by atoms with Crippen molar-refractivity contribution in [3.63, 3.8) is 0 Å². The molecule has 14 aromatic rings. The predicted molar refractivity (Wildman–Crippen MR) is 364 cm³/mol. The summed E-state index contributed by atoms with van der Waals surface area (Å²) in [5.74, 6) is 0. The van der Waals surface area contributed by atoms with Crippen LogP contribution in [0.5, 0.6) is 0 Å². The number of rotatable bonds is 10. The first-order chi connectivity index (χ1) is 41.8. The van der Waals surface area contributed by atoms with Gasteiger partial charge in [-0.15, -0.1) is 0 Å². The SMILES string of the molecule is CCCCc1cc2c3c(c1)N(c1c(-c4ccc(-c5ccccc5)cc4)cc(C(C)(C)C)cc1-c1ccc(-c4ccccc4)cc1)c1cc(-n4c5ccccc5c5ccccc54)ccc1B3c1ccc(-n3c4ccccc4c4ccccc43)cc1S2. The van der Waals surface area contributed by atoms with Gasteiger partial charge in [0.05, 0.1) is 27.8 Å². The van der Waals surface area contributed by atoms with Crippen molar-refractivity contribution in [2.75, 3.05) is 4.90 Å². The summed E-state index contributed by atoms with van der Waals surface area (Å²) in [7, 11) is 0. The van der Waals surface area contributed by atoms with Crippen molar-refractivity contribution >= 4 is 95.5 Å². The van der Waals surface area contributed by atoms with Gasteiger partial charge in [-0.3, -0.25) is 0 Å². The van der Waals surface area contributed by atoms with Crippen LogP contribution in [0, 0.1) is 0 Å². The van der Waals surface area contributed by atoms with Crippen LogP contribution < -0.4 is 21.3 Å². The molecule has 0 atom stereocenters. The molecule has 0 unspecified atom stereocenters. The molecule has 0 saturated heterocycles. The maximum absolute atomic E-state index is 2.73. The number of nitrogens with zero attached hydrogens (tertiary/aromatic N) is 3. The summed E-state index contributed by atoms with van der Waals surface area (Å²) in [6, 6.07) is 101. The average molecular weight is 1110 g/mol. The molecule has 12 aromatic carbocycles. The molecule has 0 N–H and O–H groups in total. The van der Waals surface area contributed by atoms with Crippen molar-refractivity contribution in [1.82, 2.24) is 9.13 Å². The van der Waals surface area contributed by atoms with Gasteiger partial charge in [-0.25, -0.2) is 0 Å². The smallest absolute Gasteiger partial charge is 0.249 e. The first kappa shape index (κ1) is 51.1. The molecule has 406 valence electrons. The molecule has 2 aromatic heterocycles. The second-order valence-electron chi connectivity index (χ2n) is 24.3. The fraction of sp³-hybridized carbons (Fsp3) is 0.100. The molecule has 2 aliphatic heterocycles. The van der Waals surface area contributed by atoms with E-state index in [0.717, 1.165) is 24.9 Å². The number of aromatic nitrogens is 2. The lowest BCUT2D eigenvalue weighted by atomic mass is 9.34. The Labute approximate surface area is 502 Å². The maximum atomic E-state index is 2.73. The molecule has 5 heteroatoms. The summed E-state index contributed by atoms with van der Waals surface area (Å²) in [6.45, 7) is 9.36. The van der Waals surface area contributed by atoms with Crippen LogP contribution in [0.4, 0.5) is 17.1 Å². The van der Waals surface area contributed by atoms with E-state index >= 15 is 0 Å². The van der Waals surface area contributed by atoms with E-state index in [0.29, 0.717) is 0 Å². The molecule has 85 heavy (non-hydrogen) atoms. The minimum absolute atomic E-state index is 0.0387. The molecule has 0 saturated carbocycles. The Morgan fingerprint density at radius 3 is 1.31 bits per heavy atom. The Kier molecular flexibility index (Phi) is 12.2. The average Bonchev–Trinajstić information content (AvgIpc) is 1.18. The highest BCUT2D eigenvalue weighted by Crippen LogP contribution is 2.52. The van der Waals surface area contributed by atoms with Crippen LogP contribution in [0.1, 0.15) is 51.7 Å². The molecular weight excluding hydrogens is 1050 g/mol. The van der Waals surface area contributed by atoms with Crippen molar-refractivity contribution in [3.05, 3.63) is 278 Å². The first-order valence-corrected chi connectivity index (χ1v) is 31.0. The van der Waals surface area contributed by atoms with Crippen LogP contribution in [0.3, 0.4) is 0 Å². The fourth-order valence-corrected chi connectivity index (χ4v) is 15.2. The van der Waals surface area contributed by atoms with Gasteiger partial charge in [-0.2, -0.15) is 0 Å². The minimum Gasteiger partial charge on any atom is -0.310 e. The van der Waals surface area contributed by atoms with Gasteiger partial charge < -0.3 is 14.0 Å². The second kappa shape index (κ2) is 20.4. The van der Waals surface area contributed by atoms with E-state index in [1.54, 1.807) is 0 Å². The number of unbranched alkanes of at least 4 members (excludes halogenated alkanes) is 1. The molecule has 0 amide bonds. The molecule has 2 aliphatic rings. The van der Waals surface area contributed by atoms with Gasteiger partial charge in [-0.1, -0.05) is 245 Å². The Morgan fingerprint density at radius 1 is 0.388 bits per heavy atom. The van der Waals surface area contributed by atoms with Crippen LogP contribution in [0.25, 0.3) is 99.5 Å². The minimum atomic E-state index is -0.164. The predicted octanol–water partition coefficient (Wildman–Crippen LogP) is 20.0. The number of anilines is 3. The molecule has 0 fully saturated rings. The highest BCUT2D eigenvalue weighted by molar-refractivity contribution is 8.00. The lowest BCUT2D eigenvalue weighted by molar-refractivity contribution is 0.591. The third-order valence-electron chi connectivity index (χ3n) is 18.1. The summed E-state index contributed by atoms with van der Waals surface area (Å²) >= 11 is 1.96. The Bertz CT molecular complexity index is 4720. The highest BCUT2D eigenvalue weighted by atomic mass is 32.2. The van der Waals surface area contributed by atoms with Crippen LogP contribution in [0.15, 0.2) is 277 Å². The summed E-state index contributed by atoms with van der Waals surface area (Å²) in [6.07, 6.45) is 3.21. The number of aryl methyl sites for hydroxylation is 1. The molecule has 0 aliphatic carbocycles. The van der Waals surface area contributed by atoms with E-state index in [1.165, 1.54) is 148 Å². The summed E-state index contributed by atoms with van der Waals surface area (Å²) in [5.41, 5.74) is 26.8. The van der Waals surface area contributed by atoms with Gasteiger partial charge in [0.2, 0.25) is 6.71 Å².